The van der Waals surface area contributed by atoms with Crippen LogP contribution in [0, 0.1) is 11.3 Å². The number of fused-ring (bicyclic) bond motifs is 1. The first-order valence-corrected chi connectivity index (χ1v) is 6.30. The van der Waals surface area contributed by atoms with E-state index in [2.05, 4.69) is 0 Å². The van der Waals surface area contributed by atoms with Gasteiger partial charge in [0.05, 0.1) is 34.0 Å². The van der Waals surface area contributed by atoms with Crippen LogP contribution < -0.4 is 4.90 Å². The quantitative estimate of drug-likeness (QED) is 0.854. The van der Waals surface area contributed by atoms with Crippen LogP contribution in [0.5, 0.6) is 0 Å². The summed E-state index contributed by atoms with van der Waals surface area (Å²) in [6.45, 7) is 0. The fourth-order valence-electron chi connectivity index (χ4n) is 2.38. The fraction of sp³-hybridized carbons (Fsp3) is 0. The number of nitrogens with zero attached hydrogens (tertiary/aromatic N) is 2. The molecule has 0 aliphatic carbocycles. The number of anilines is 1. The van der Waals surface area contributed by atoms with Crippen LogP contribution in [-0.4, -0.2) is 22.9 Å². The molecule has 0 bridgehead atoms. The first-order valence-electron chi connectivity index (χ1n) is 6.30. The van der Waals surface area contributed by atoms with Crippen LogP contribution in [0.4, 0.5) is 5.69 Å². The summed E-state index contributed by atoms with van der Waals surface area (Å²) in [6, 6.07) is 11.9. The Labute approximate surface area is 124 Å². The molecule has 0 fully saturated rings. The molecule has 1 heterocycles. The zero-order chi connectivity index (χ0) is 15.9. The summed E-state index contributed by atoms with van der Waals surface area (Å²) in [7, 11) is 0. The molecular formula is C16H8N2O4. The van der Waals surface area contributed by atoms with Crippen LogP contribution in [0.25, 0.3) is 0 Å². The van der Waals surface area contributed by atoms with E-state index in [1.165, 1.54) is 24.3 Å². The Morgan fingerprint density at radius 1 is 1.05 bits per heavy atom. The summed E-state index contributed by atoms with van der Waals surface area (Å²) in [5.74, 6) is -2.47. The number of nitriles is 1. The lowest BCUT2D eigenvalue weighted by Gasteiger charge is -2.16. The monoisotopic (exact) mass is 292 g/mol. The number of hydrogen-bond donors (Lipinski definition) is 1. The standard InChI is InChI=1S/C16H8N2O4/c17-8-9-5-6-13(12(7-9)16(21)22)18-14(19)10-3-1-2-4-11(10)15(18)20/h1-7H,(H,21,22). The summed E-state index contributed by atoms with van der Waals surface area (Å²) in [5.41, 5.74) is 0.283. The third-order valence-corrected chi connectivity index (χ3v) is 3.39. The van der Waals surface area contributed by atoms with Crippen molar-refractivity contribution in [2.75, 3.05) is 4.90 Å². The molecule has 6 nitrogen and oxygen atoms in total. The highest BCUT2D eigenvalue weighted by Gasteiger charge is 2.38. The van der Waals surface area contributed by atoms with E-state index in [1.807, 2.05) is 6.07 Å². The second-order valence-corrected chi connectivity index (χ2v) is 4.64. The third kappa shape index (κ3) is 1.84. The minimum atomic E-state index is -1.32. The number of imide groups is 1. The first-order chi connectivity index (χ1) is 10.5. The molecule has 0 unspecified atom stereocenters. The van der Waals surface area contributed by atoms with Gasteiger partial charge >= 0.3 is 5.97 Å². The Morgan fingerprint density at radius 2 is 1.64 bits per heavy atom. The van der Waals surface area contributed by atoms with Gasteiger partial charge in [-0.3, -0.25) is 9.59 Å². The Kier molecular flexibility index (Phi) is 2.96. The van der Waals surface area contributed by atoms with E-state index in [-0.39, 0.29) is 27.9 Å². The van der Waals surface area contributed by atoms with Gasteiger partial charge in [-0.05, 0) is 30.3 Å². The average molecular weight is 292 g/mol. The fourth-order valence-corrected chi connectivity index (χ4v) is 2.38. The van der Waals surface area contributed by atoms with Gasteiger partial charge in [0.1, 0.15) is 0 Å². The zero-order valence-electron chi connectivity index (χ0n) is 11.1. The van der Waals surface area contributed by atoms with Crippen molar-refractivity contribution in [3.8, 4) is 6.07 Å². The second-order valence-electron chi connectivity index (χ2n) is 4.64. The lowest BCUT2D eigenvalue weighted by Crippen LogP contribution is -2.31. The number of aromatic carboxylic acids is 1. The molecule has 1 N–H and O–H groups in total. The van der Waals surface area contributed by atoms with Crippen molar-refractivity contribution in [3.05, 3.63) is 64.7 Å². The summed E-state index contributed by atoms with van der Waals surface area (Å²) in [5, 5.41) is 18.1. The smallest absolute Gasteiger partial charge is 0.337 e. The second kappa shape index (κ2) is 4.82. The van der Waals surface area contributed by atoms with Gasteiger partial charge in [-0.25, -0.2) is 9.69 Å². The van der Waals surface area contributed by atoms with Gasteiger partial charge in [-0.15, -0.1) is 0 Å². The molecular weight excluding hydrogens is 284 g/mol. The normalized spacial score (nSPS) is 13.0. The Bertz CT molecular complexity index is 845. The van der Waals surface area contributed by atoms with Crippen LogP contribution in [0.2, 0.25) is 0 Å². The molecule has 3 rings (SSSR count). The molecule has 106 valence electrons. The van der Waals surface area contributed by atoms with Gasteiger partial charge in [0.15, 0.2) is 0 Å². The van der Waals surface area contributed by atoms with E-state index < -0.39 is 17.8 Å². The van der Waals surface area contributed by atoms with Crippen molar-refractivity contribution in [1.82, 2.24) is 0 Å². The summed E-state index contributed by atoms with van der Waals surface area (Å²) < 4.78 is 0. The molecule has 2 aromatic rings. The zero-order valence-corrected chi connectivity index (χ0v) is 11.1. The molecule has 2 aromatic carbocycles. The van der Waals surface area contributed by atoms with E-state index in [0.717, 1.165) is 11.0 Å². The molecule has 22 heavy (non-hydrogen) atoms. The molecule has 0 radical (unpaired) electrons. The summed E-state index contributed by atoms with van der Waals surface area (Å²) in [4.78, 5) is 37.0. The molecule has 0 saturated heterocycles. The number of amides is 2. The van der Waals surface area contributed by atoms with Crippen molar-refractivity contribution in [2.45, 2.75) is 0 Å². The molecule has 0 atom stereocenters. The third-order valence-electron chi connectivity index (χ3n) is 3.39. The highest BCUT2D eigenvalue weighted by atomic mass is 16.4. The van der Waals surface area contributed by atoms with Gasteiger partial charge in [0, 0.05) is 0 Å². The van der Waals surface area contributed by atoms with E-state index in [0.29, 0.717) is 0 Å². The number of carbonyl (C=O) groups is 3. The average Bonchev–Trinajstić information content (AvgIpc) is 2.79. The highest BCUT2D eigenvalue weighted by molar-refractivity contribution is 6.35. The lowest BCUT2D eigenvalue weighted by molar-refractivity contribution is 0.0698. The predicted molar refractivity (Wildman–Crippen MR) is 75.7 cm³/mol. The topological polar surface area (TPSA) is 98.5 Å². The summed E-state index contributed by atoms with van der Waals surface area (Å²) in [6.07, 6.45) is 0. The summed E-state index contributed by atoms with van der Waals surface area (Å²) >= 11 is 0. The molecule has 0 spiro atoms. The van der Waals surface area contributed by atoms with E-state index in [4.69, 9.17) is 5.26 Å². The minimum absolute atomic E-state index is 0.0438. The molecule has 6 heteroatoms. The maximum absolute atomic E-state index is 12.4. The van der Waals surface area contributed by atoms with Crippen LogP contribution in [0.3, 0.4) is 0 Å². The number of rotatable bonds is 2. The Hall–Kier alpha value is -3.46. The van der Waals surface area contributed by atoms with Crippen molar-refractivity contribution in [2.24, 2.45) is 0 Å². The van der Waals surface area contributed by atoms with Crippen molar-refractivity contribution in [3.63, 3.8) is 0 Å². The van der Waals surface area contributed by atoms with Gasteiger partial charge in [0.2, 0.25) is 0 Å². The SMILES string of the molecule is N#Cc1ccc(N2C(=O)c3ccccc3C2=O)c(C(=O)O)c1. The maximum Gasteiger partial charge on any atom is 0.337 e. The number of carbonyl (C=O) groups excluding carboxylic acids is 2. The Balaban J connectivity index is 2.18. The van der Waals surface area contributed by atoms with E-state index in [9.17, 15) is 19.5 Å². The lowest BCUT2D eigenvalue weighted by atomic mass is 10.1. The molecule has 2 amide bonds. The Morgan fingerprint density at radius 3 is 2.14 bits per heavy atom. The van der Waals surface area contributed by atoms with Crippen LogP contribution in [0.15, 0.2) is 42.5 Å². The molecule has 0 saturated carbocycles. The number of carboxylic acids is 1. The maximum atomic E-state index is 12.4. The van der Waals surface area contributed by atoms with E-state index in [1.54, 1.807) is 12.1 Å². The number of carboxylic acid groups (broad SMARTS) is 1. The molecule has 1 aliphatic rings. The number of benzene rings is 2. The van der Waals surface area contributed by atoms with Crippen LogP contribution in [0.1, 0.15) is 36.6 Å². The van der Waals surface area contributed by atoms with Crippen LogP contribution >= 0.6 is 0 Å². The van der Waals surface area contributed by atoms with Crippen LogP contribution in [-0.2, 0) is 0 Å². The minimum Gasteiger partial charge on any atom is -0.478 e. The van der Waals surface area contributed by atoms with E-state index >= 15 is 0 Å². The highest BCUT2D eigenvalue weighted by Crippen LogP contribution is 2.31. The number of hydrogen-bond acceptors (Lipinski definition) is 4. The molecule has 1 aliphatic heterocycles. The van der Waals surface area contributed by atoms with Crippen molar-refractivity contribution < 1.29 is 19.5 Å². The van der Waals surface area contributed by atoms with Crippen molar-refractivity contribution in [1.29, 1.82) is 5.26 Å². The van der Waals surface area contributed by atoms with Gasteiger partial charge < -0.3 is 5.11 Å². The van der Waals surface area contributed by atoms with Gasteiger partial charge in [-0.1, -0.05) is 12.1 Å². The first kappa shape index (κ1) is 13.5. The van der Waals surface area contributed by atoms with Gasteiger partial charge in [-0.2, -0.15) is 5.26 Å². The molecule has 0 aromatic heterocycles. The predicted octanol–water partition coefficient (Wildman–Crippen LogP) is 2.06. The van der Waals surface area contributed by atoms with Crippen molar-refractivity contribution >= 4 is 23.5 Å². The largest absolute Gasteiger partial charge is 0.478 e. The van der Waals surface area contributed by atoms with Gasteiger partial charge in [0.25, 0.3) is 11.8 Å².